The minimum atomic E-state index is -1.17. The standard InChI is InChI=1S/C18H17N3O7/c1-11(16(22)19-20-17(23)12-6-4-3-5-7-12)28-15-9-8-13(18(24)27-2)10-14(15)21(25)26/h3-11H,1-2H3,(H,19,22)(H,20,23)/t11-/m1/s1. The van der Waals surface area contributed by atoms with Crippen LogP contribution in [0, 0.1) is 10.1 Å². The molecular formula is C18H17N3O7. The average Bonchev–Trinajstić information content (AvgIpc) is 2.71. The number of methoxy groups -OCH3 is 1. The van der Waals surface area contributed by atoms with Crippen LogP contribution >= 0.6 is 0 Å². The number of esters is 1. The summed E-state index contributed by atoms with van der Waals surface area (Å²) in [5, 5.41) is 11.2. The Balaban J connectivity index is 2.04. The molecular weight excluding hydrogens is 370 g/mol. The first-order chi connectivity index (χ1) is 13.3. The highest BCUT2D eigenvalue weighted by Crippen LogP contribution is 2.29. The lowest BCUT2D eigenvalue weighted by Crippen LogP contribution is -2.47. The molecule has 0 spiro atoms. The summed E-state index contributed by atoms with van der Waals surface area (Å²) in [7, 11) is 1.15. The Morgan fingerprint density at radius 2 is 1.71 bits per heavy atom. The molecule has 0 radical (unpaired) electrons. The SMILES string of the molecule is COC(=O)c1ccc(O[C@H](C)C(=O)NNC(=O)c2ccccc2)c([N+](=O)[O-])c1. The van der Waals surface area contributed by atoms with Crippen molar-refractivity contribution in [3.8, 4) is 5.75 Å². The molecule has 146 valence electrons. The van der Waals surface area contributed by atoms with E-state index in [1.54, 1.807) is 30.3 Å². The molecule has 0 saturated carbocycles. The summed E-state index contributed by atoms with van der Waals surface area (Å²) in [5.41, 5.74) is 4.20. The van der Waals surface area contributed by atoms with Gasteiger partial charge in [0.2, 0.25) is 0 Å². The number of nitro groups is 1. The van der Waals surface area contributed by atoms with Crippen LogP contribution in [0.15, 0.2) is 48.5 Å². The Hall–Kier alpha value is -3.95. The van der Waals surface area contributed by atoms with Gasteiger partial charge in [0.1, 0.15) is 0 Å². The Morgan fingerprint density at radius 1 is 1.04 bits per heavy atom. The molecule has 0 unspecified atom stereocenters. The van der Waals surface area contributed by atoms with E-state index in [-0.39, 0.29) is 11.3 Å². The average molecular weight is 387 g/mol. The van der Waals surface area contributed by atoms with Crippen LogP contribution in [-0.2, 0) is 9.53 Å². The monoisotopic (exact) mass is 387 g/mol. The van der Waals surface area contributed by atoms with Gasteiger partial charge in [-0.25, -0.2) is 4.79 Å². The van der Waals surface area contributed by atoms with E-state index in [9.17, 15) is 24.5 Å². The summed E-state index contributed by atoms with van der Waals surface area (Å²) < 4.78 is 9.83. The molecule has 1 atom stereocenters. The number of benzene rings is 2. The maximum absolute atomic E-state index is 12.1. The minimum absolute atomic E-state index is 0.0335. The summed E-state index contributed by atoms with van der Waals surface area (Å²) >= 11 is 0. The molecule has 10 heteroatoms. The highest BCUT2D eigenvalue weighted by Gasteiger charge is 2.23. The Labute approximate surface area is 159 Å². The first kappa shape index (κ1) is 20.4. The van der Waals surface area contributed by atoms with Gasteiger partial charge < -0.3 is 9.47 Å². The number of hydrazine groups is 1. The quantitative estimate of drug-likeness (QED) is 0.436. The summed E-state index contributed by atoms with van der Waals surface area (Å²) in [6.45, 7) is 1.35. The van der Waals surface area contributed by atoms with Crippen LogP contribution < -0.4 is 15.6 Å². The normalized spacial score (nSPS) is 11.1. The van der Waals surface area contributed by atoms with Crippen LogP contribution in [0.25, 0.3) is 0 Å². The van der Waals surface area contributed by atoms with E-state index in [4.69, 9.17) is 4.74 Å². The molecule has 0 aliphatic heterocycles. The van der Waals surface area contributed by atoms with Crippen LogP contribution in [0.4, 0.5) is 5.69 Å². The number of nitrogens with zero attached hydrogens (tertiary/aromatic N) is 1. The van der Waals surface area contributed by atoms with Crippen molar-refractivity contribution in [2.45, 2.75) is 13.0 Å². The fraction of sp³-hybridized carbons (Fsp3) is 0.167. The number of nitro benzene ring substituents is 1. The molecule has 0 aromatic heterocycles. The molecule has 10 nitrogen and oxygen atoms in total. The zero-order chi connectivity index (χ0) is 20.7. The Bertz CT molecular complexity index is 899. The maximum atomic E-state index is 12.1. The van der Waals surface area contributed by atoms with E-state index in [0.717, 1.165) is 13.2 Å². The number of carbonyl (C=O) groups is 3. The molecule has 0 saturated heterocycles. The van der Waals surface area contributed by atoms with Gasteiger partial charge in [-0.05, 0) is 31.2 Å². The number of nitrogens with one attached hydrogen (secondary N) is 2. The molecule has 2 aromatic rings. The molecule has 0 bridgehead atoms. The highest BCUT2D eigenvalue weighted by molar-refractivity contribution is 5.95. The van der Waals surface area contributed by atoms with Crippen LogP contribution in [0.1, 0.15) is 27.6 Å². The van der Waals surface area contributed by atoms with Crippen molar-refractivity contribution in [1.29, 1.82) is 0 Å². The van der Waals surface area contributed by atoms with Crippen LogP contribution in [0.2, 0.25) is 0 Å². The van der Waals surface area contributed by atoms with Gasteiger partial charge in [0.25, 0.3) is 11.8 Å². The van der Waals surface area contributed by atoms with Crippen molar-refractivity contribution >= 4 is 23.5 Å². The van der Waals surface area contributed by atoms with Crippen LogP contribution in [0.3, 0.4) is 0 Å². The van der Waals surface area contributed by atoms with Crippen molar-refractivity contribution in [2.24, 2.45) is 0 Å². The molecule has 28 heavy (non-hydrogen) atoms. The summed E-state index contributed by atoms with van der Waals surface area (Å²) in [6, 6.07) is 11.7. The molecule has 0 heterocycles. The van der Waals surface area contributed by atoms with Gasteiger partial charge in [-0.3, -0.25) is 30.6 Å². The van der Waals surface area contributed by atoms with E-state index in [1.807, 2.05) is 0 Å². The molecule has 2 amide bonds. The zero-order valence-electron chi connectivity index (χ0n) is 15.0. The Kier molecular flexibility index (Phi) is 6.63. The lowest BCUT2D eigenvalue weighted by Gasteiger charge is -2.15. The second kappa shape index (κ2) is 9.12. The summed E-state index contributed by atoms with van der Waals surface area (Å²) in [6.07, 6.45) is -1.17. The summed E-state index contributed by atoms with van der Waals surface area (Å²) in [4.78, 5) is 46.0. The largest absolute Gasteiger partial charge is 0.474 e. The van der Waals surface area contributed by atoms with E-state index in [2.05, 4.69) is 15.6 Å². The van der Waals surface area contributed by atoms with Crippen molar-refractivity contribution in [1.82, 2.24) is 10.9 Å². The fourth-order valence-electron chi connectivity index (χ4n) is 2.13. The number of rotatable bonds is 6. The lowest BCUT2D eigenvalue weighted by atomic mass is 10.2. The third kappa shape index (κ3) is 5.04. The topological polar surface area (TPSA) is 137 Å². The molecule has 0 aliphatic carbocycles. The van der Waals surface area contributed by atoms with E-state index >= 15 is 0 Å². The van der Waals surface area contributed by atoms with Crippen molar-refractivity contribution in [2.75, 3.05) is 7.11 Å². The van der Waals surface area contributed by atoms with Gasteiger partial charge >= 0.3 is 11.7 Å². The molecule has 0 aliphatic rings. The van der Waals surface area contributed by atoms with Crippen molar-refractivity contribution in [3.05, 3.63) is 69.8 Å². The number of carbonyl (C=O) groups excluding carboxylic acids is 3. The van der Waals surface area contributed by atoms with Crippen LogP contribution in [0.5, 0.6) is 5.75 Å². The van der Waals surface area contributed by atoms with Crippen molar-refractivity contribution < 1.29 is 28.8 Å². The highest BCUT2D eigenvalue weighted by atomic mass is 16.6. The fourth-order valence-corrected chi connectivity index (χ4v) is 2.13. The minimum Gasteiger partial charge on any atom is -0.474 e. The maximum Gasteiger partial charge on any atom is 0.338 e. The number of hydrogen-bond acceptors (Lipinski definition) is 7. The van der Waals surface area contributed by atoms with Crippen LogP contribution in [-0.4, -0.2) is 35.9 Å². The first-order valence-electron chi connectivity index (χ1n) is 8.02. The van der Waals surface area contributed by atoms with Gasteiger partial charge in [-0.2, -0.15) is 0 Å². The summed E-state index contributed by atoms with van der Waals surface area (Å²) in [5.74, 6) is -2.22. The second-order valence-corrected chi connectivity index (χ2v) is 5.50. The van der Waals surface area contributed by atoms with Gasteiger partial charge in [0, 0.05) is 11.6 Å². The third-order valence-corrected chi connectivity index (χ3v) is 3.58. The first-order valence-corrected chi connectivity index (χ1v) is 8.02. The smallest absolute Gasteiger partial charge is 0.338 e. The number of amides is 2. The predicted octanol–water partition coefficient (Wildman–Crippen LogP) is 1.61. The second-order valence-electron chi connectivity index (χ2n) is 5.50. The zero-order valence-corrected chi connectivity index (χ0v) is 15.0. The van der Waals surface area contributed by atoms with E-state index < -0.39 is 34.5 Å². The van der Waals surface area contributed by atoms with Gasteiger partial charge in [0.05, 0.1) is 17.6 Å². The van der Waals surface area contributed by atoms with E-state index in [1.165, 1.54) is 19.1 Å². The van der Waals surface area contributed by atoms with Crippen molar-refractivity contribution in [3.63, 3.8) is 0 Å². The van der Waals surface area contributed by atoms with Gasteiger partial charge in [-0.1, -0.05) is 18.2 Å². The molecule has 2 N–H and O–H groups in total. The number of hydrogen-bond donors (Lipinski definition) is 2. The molecule has 2 aromatic carbocycles. The molecule has 2 rings (SSSR count). The van der Waals surface area contributed by atoms with Gasteiger partial charge in [-0.15, -0.1) is 0 Å². The predicted molar refractivity (Wildman–Crippen MR) is 96.6 cm³/mol. The van der Waals surface area contributed by atoms with Gasteiger partial charge in [0.15, 0.2) is 11.9 Å². The molecule has 0 fully saturated rings. The Morgan fingerprint density at radius 3 is 2.32 bits per heavy atom. The number of ether oxygens (including phenoxy) is 2. The lowest BCUT2D eigenvalue weighted by molar-refractivity contribution is -0.386. The van der Waals surface area contributed by atoms with E-state index in [0.29, 0.717) is 5.56 Å². The third-order valence-electron chi connectivity index (χ3n) is 3.58.